The lowest BCUT2D eigenvalue weighted by molar-refractivity contribution is -0.138. The molecular weight excluding hydrogens is 324 g/mol. The summed E-state index contributed by atoms with van der Waals surface area (Å²) in [6.45, 7) is 0. The van der Waals surface area contributed by atoms with Gasteiger partial charge in [-0.1, -0.05) is 56.4 Å². The van der Waals surface area contributed by atoms with Crippen LogP contribution in [-0.2, 0) is 4.79 Å². The summed E-state index contributed by atoms with van der Waals surface area (Å²) in [5.74, 6) is 1.71. The van der Waals surface area contributed by atoms with E-state index in [-0.39, 0.29) is 11.9 Å². The number of carbonyl (C=O) groups excluding carboxylic acids is 1. The fourth-order valence-electron chi connectivity index (χ4n) is 4.22. The number of nitrogens with zero attached hydrogens (tertiary/aromatic N) is 2. The SMILES string of the molecule is O=C(Oc1cnc(-c2ccc(C3CCCCC3)cc2)nc1)C1CCCC1. The minimum absolute atomic E-state index is 0.0435. The van der Waals surface area contributed by atoms with Gasteiger partial charge in [-0.3, -0.25) is 4.79 Å². The number of hydrogen-bond acceptors (Lipinski definition) is 4. The number of hydrogen-bond donors (Lipinski definition) is 0. The maximum absolute atomic E-state index is 12.1. The van der Waals surface area contributed by atoms with Gasteiger partial charge in [0.1, 0.15) is 0 Å². The number of carbonyl (C=O) groups is 1. The third kappa shape index (κ3) is 3.95. The zero-order valence-corrected chi connectivity index (χ0v) is 15.2. The normalized spacial score (nSPS) is 18.8. The molecule has 2 saturated carbocycles. The van der Waals surface area contributed by atoms with Crippen LogP contribution in [0.2, 0.25) is 0 Å². The highest BCUT2D eigenvalue weighted by molar-refractivity contribution is 5.75. The van der Waals surface area contributed by atoms with Crippen LogP contribution < -0.4 is 4.74 Å². The molecule has 136 valence electrons. The second-order valence-electron chi connectivity index (χ2n) is 7.60. The largest absolute Gasteiger partial charge is 0.423 e. The van der Waals surface area contributed by atoms with Gasteiger partial charge in [-0.15, -0.1) is 0 Å². The van der Waals surface area contributed by atoms with Crippen molar-refractivity contribution in [1.82, 2.24) is 9.97 Å². The van der Waals surface area contributed by atoms with Crippen molar-refractivity contribution in [2.75, 3.05) is 0 Å². The summed E-state index contributed by atoms with van der Waals surface area (Å²) in [6.07, 6.45) is 14.0. The molecule has 0 saturated heterocycles. The van der Waals surface area contributed by atoms with Gasteiger partial charge in [0, 0.05) is 5.56 Å². The first-order valence-electron chi connectivity index (χ1n) is 9.94. The van der Waals surface area contributed by atoms with E-state index in [1.807, 2.05) is 0 Å². The molecule has 0 spiro atoms. The van der Waals surface area contributed by atoms with Crippen molar-refractivity contribution in [2.24, 2.45) is 5.92 Å². The molecule has 2 aliphatic rings. The van der Waals surface area contributed by atoms with Crippen LogP contribution in [0.1, 0.15) is 69.3 Å². The highest BCUT2D eigenvalue weighted by Crippen LogP contribution is 2.33. The standard InChI is InChI=1S/C22H26N2O2/c25-22(19-8-4-5-9-19)26-20-14-23-21(24-15-20)18-12-10-17(11-13-18)16-6-2-1-3-7-16/h10-16,19H,1-9H2. The van der Waals surface area contributed by atoms with Crippen LogP contribution in [0, 0.1) is 5.92 Å². The summed E-state index contributed by atoms with van der Waals surface area (Å²) in [5, 5.41) is 0. The Morgan fingerprint density at radius 3 is 2.12 bits per heavy atom. The Labute approximate surface area is 155 Å². The Hall–Kier alpha value is -2.23. The number of aromatic nitrogens is 2. The molecule has 2 aliphatic carbocycles. The number of benzene rings is 1. The first kappa shape index (κ1) is 17.2. The lowest BCUT2D eigenvalue weighted by atomic mass is 9.84. The van der Waals surface area contributed by atoms with E-state index in [0.717, 1.165) is 31.2 Å². The predicted octanol–water partition coefficient (Wildman–Crippen LogP) is 5.29. The first-order chi connectivity index (χ1) is 12.8. The smallest absolute Gasteiger partial charge is 0.314 e. The molecule has 1 aromatic carbocycles. The van der Waals surface area contributed by atoms with Gasteiger partial charge in [0.2, 0.25) is 0 Å². The zero-order valence-electron chi connectivity index (χ0n) is 15.2. The Kier molecular flexibility index (Phi) is 5.28. The Morgan fingerprint density at radius 2 is 1.46 bits per heavy atom. The molecule has 2 aromatic rings. The maximum Gasteiger partial charge on any atom is 0.314 e. The Bertz CT molecular complexity index is 728. The fraction of sp³-hybridized carbons (Fsp3) is 0.500. The lowest BCUT2D eigenvalue weighted by Crippen LogP contribution is -2.17. The molecule has 0 radical (unpaired) electrons. The molecule has 4 heteroatoms. The number of rotatable bonds is 4. The molecule has 0 amide bonds. The summed E-state index contributed by atoms with van der Waals surface area (Å²) < 4.78 is 5.42. The van der Waals surface area contributed by atoms with Gasteiger partial charge < -0.3 is 4.74 Å². The van der Waals surface area contributed by atoms with E-state index in [1.165, 1.54) is 37.7 Å². The lowest BCUT2D eigenvalue weighted by Gasteiger charge is -2.22. The summed E-state index contributed by atoms with van der Waals surface area (Å²) in [7, 11) is 0. The number of ether oxygens (including phenoxy) is 1. The second-order valence-corrected chi connectivity index (χ2v) is 7.60. The van der Waals surface area contributed by atoms with E-state index in [1.54, 1.807) is 12.4 Å². The van der Waals surface area contributed by atoms with Crippen molar-refractivity contribution in [2.45, 2.75) is 63.7 Å². The van der Waals surface area contributed by atoms with Crippen molar-refractivity contribution in [3.63, 3.8) is 0 Å². The molecule has 0 bridgehead atoms. The second kappa shape index (κ2) is 7.98. The summed E-state index contributed by atoms with van der Waals surface area (Å²) in [5.41, 5.74) is 2.42. The zero-order chi connectivity index (χ0) is 17.8. The van der Waals surface area contributed by atoms with Crippen molar-refractivity contribution >= 4 is 5.97 Å². The molecule has 1 aromatic heterocycles. The number of esters is 1. The van der Waals surface area contributed by atoms with Gasteiger partial charge in [-0.25, -0.2) is 9.97 Å². The van der Waals surface area contributed by atoms with E-state index < -0.39 is 0 Å². The molecule has 26 heavy (non-hydrogen) atoms. The average molecular weight is 350 g/mol. The Morgan fingerprint density at radius 1 is 0.846 bits per heavy atom. The van der Waals surface area contributed by atoms with Gasteiger partial charge in [0.15, 0.2) is 11.6 Å². The average Bonchev–Trinajstić information content (AvgIpc) is 3.25. The molecule has 0 unspecified atom stereocenters. The van der Waals surface area contributed by atoms with Crippen molar-refractivity contribution in [3.05, 3.63) is 42.2 Å². The quantitative estimate of drug-likeness (QED) is 0.703. The minimum Gasteiger partial charge on any atom is -0.423 e. The van der Waals surface area contributed by atoms with E-state index in [4.69, 9.17) is 4.74 Å². The van der Waals surface area contributed by atoms with Crippen LogP contribution >= 0.6 is 0 Å². The molecule has 0 atom stereocenters. The molecule has 1 heterocycles. The van der Waals surface area contributed by atoms with Gasteiger partial charge in [0.25, 0.3) is 0 Å². The van der Waals surface area contributed by atoms with Crippen molar-refractivity contribution in [1.29, 1.82) is 0 Å². The first-order valence-corrected chi connectivity index (χ1v) is 9.94. The Balaban J connectivity index is 1.40. The van der Waals surface area contributed by atoms with Crippen molar-refractivity contribution in [3.8, 4) is 17.1 Å². The van der Waals surface area contributed by atoms with Gasteiger partial charge in [-0.2, -0.15) is 0 Å². The maximum atomic E-state index is 12.1. The summed E-state index contributed by atoms with van der Waals surface area (Å²) >= 11 is 0. The fourth-order valence-corrected chi connectivity index (χ4v) is 4.22. The minimum atomic E-state index is -0.143. The summed E-state index contributed by atoms with van der Waals surface area (Å²) in [6, 6.07) is 8.62. The van der Waals surface area contributed by atoms with Crippen LogP contribution in [0.25, 0.3) is 11.4 Å². The van der Waals surface area contributed by atoms with E-state index >= 15 is 0 Å². The molecular formula is C22H26N2O2. The molecule has 2 fully saturated rings. The highest BCUT2D eigenvalue weighted by atomic mass is 16.5. The monoisotopic (exact) mass is 350 g/mol. The van der Waals surface area contributed by atoms with Crippen LogP contribution in [0.15, 0.2) is 36.7 Å². The molecule has 0 N–H and O–H groups in total. The van der Waals surface area contributed by atoms with Crippen molar-refractivity contribution < 1.29 is 9.53 Å². The van der Waals surface area contributed by atoms with Crippen LogP contribution in [0.4, 0.5) is 0 Å². The van der Waals surface area contributed by atoms with Crippen LogP contribution in [0.3, 0.4) is 0 Å². The van der Waals surface area contributed by atoms with Crippen LogP contribution in [-0.4, -0.2) is 15.9 Å². The third-order valence-electron chi connectivity index (χ3n) is 5.78. The predicted molar refractivity (Wildman–Crippen MR) is 101 cm³/mol. The third-order valence-corrected chi connectivity index (χ3v) is 5.78. The van der Waals surface area contributed by atoms with Gasteiger partial charge in [-0.05, 0) is 37.2 Å². The van der Waals surface area contributed by atoms with Gasteiger partial charge in [0.05, 0.1) is 18.3 Å². The molecule has 0 aliphatic heterocycles. The van der Waals surface area contributed by atoms with E-state index in [0.29, 0.717) is 17.5 Å². The topological polar surface area (TPSA) is 52.1 Å². The van der Waals surface area contributed by atoms with Gasteiger partial charge >= 0.3 is 5.97 Å². The molecule has 4 nitrogen and oxygen atoms in total. The highest BCUT2D eigenvalue weighted by Gasteiger charge is 2.24. The summed E-state index contributed by atoms with van der Waals surface area (Å²) in [4.78, 5) is 20.8. The van der Waals surface area contributed by atoms with E-state index in [9.17, 15) is 4.79 Å². The van der Waals surface area contributed by atoms with E-state index in [2.05, 4.69) is 34.2 Å². The molecule has 4 rings (SSSR count). The van der Waals surface area contributed by atoms with Crippen LogP contribution in [0.5, 0.6) is 5.75 Å².